The van der Waals surface area contributed by atoms with Crippen LogP contribution in [-0.4, -0.2) is 30.3 Å². The van der Waals surface area contributed by atoms with E-state index in [0.717, 1.165) is 18.4 Å². The molecule has 1 aliphatic rings. The maximum Gasteiger partial charge on any atom is 0.258 e. The minimum absolute atomic E-state index is 0.00290. The molecule has 1 heterocycles. The molecular weight excluding hydrogens is 364 g/mol. The lowest BCUT2D eigenvalue weighted by Gasteiger charge is -2.11. The van der Waals surface area contributed by atoms with E-state index in [1.807, 2.05) is 46.1 Å². The molecule has 1 aromatic heterocycles. The van der Waals surface area contributed by atoms with Gasteiger partial charge in [0, 0.05) is 11.1 Å². The highest BCUT2D eigenvalue weighted by atomic mass is 16.5. The van der Waals surface area contributed by atoms with Crippen molar-refractivity contribution in [1.82, 2.24) is 15.5 Å². The van der Waals surface area contributed by atoms with E-state index in [9.17, 15) is 5.26 Å². The van der Waals surface area contributed by atoms with E-state index in [4.69, 9.17) is 9.26 Å². The van der Waals surface area contributed by atoms with Gasteiger partial charge in [-0.25, -0.2) is 0 Å². The van der Waals surface area contributed by atoms with Crippen molar-refractivity contribution in [2.24, 2.45) is 0 Å². The third kappa shape index (κ3) is 4.64. The predicted molar refractivity (Wildman–Crippen MR) is 113 cm³/mol. The first-order valence-electron chi connectivity index (χ1n) is 9.81. The number of aromatic nitrogens is 2. The Morgan fingerprint density at radius 3 is 2.69 bits per heavy atom. The number of nitrogens with one attached hydrogen (secondary N) is 1. The van der Waals surface area contributed by atoms with Crippen LogP contribution in [0.25, 0.3) is 22.8 Å². The van der Waals surface area contributed by atoms with Gasteiger partial charge in [-0.3, -0.25) is 0 Å². The molecular formula is C23H26N4O2. The van der Waals surface area contributed by atoms with E-state index in [2.05, 4.69) is 27.6 Å². The van der Waals surface area contributed by atoms with Crippen LogP contribution in [0.3, 0.4) is 0 Å². The van der Waals surface area contributed by atoms with Crippen molar-refractivity contribution >= 4 is 0 Å². The lowest BCUT2D eigenvalue weighted by molar-refractivity contribution is 0.242. The molecule has 0 aliphatic heterocycles. The zero-order valence-electron chi connectivity index (χ0n) is 17.3. The summed E-state index contributed by atoms with van der Waals surface area (Å²) in [7, 11) is 3.75. The van der Waals surface area contributed by atoms with Gasteiger partial charge in [0.15, 0.2) is 0 Å². The van der Waals surface area contributed by atoms with E-state index in [-0.39, 0.29) is 6.10 Å². The lowest BCUT2D eigenvalue weighted by atomic mass is 10.0. The number of fused-ring (bicyclic) bond motifs is 1. The molecule has 0 unspecified atom stereocenters. The summed E-state index contributed by atoms with van der Waals surface area (Å²) in [4.78, 5) is 4.57. The lowest BCUT2D eigenvalue weighted by Crippen LogP contribution is -2.06. The average molecular weight is 390 g/mol. The highest BCUT2D eigenvalue weighted by Crippen LogP contribution is 2.32. The van der Waals surface area contributed by atoms with Crippen molar-refractivity contribution in [3.63, 3.8) is 0 Å². The summed E-state index contributed by atoms with van der Waals surface area (Å²) >= 11 is 0. The van der Waals surface area contributed by atoms with E-state index in [0.29, 0.717) is 28.6 Å². The van der Waals surface area contributed by atoms with Crippen molar-refractivity contribution in [3.05, 3.63) is 53.1 Å². The fraction of sp³-hybridized carbons (Fsp3) is 0.348. The standard InChI is InChI=1S/C21H19N3O2.C2H7N/c1-13(2)25-19-10-9-15(11-16(19)12-22)21-23-20(24-26-21)18-8-4-6-14-5-3-7-17(14)18;1-3-2/h4,6,8-11,13H,3,5,7H2,1-2H3;3H,1-2H3. The van der Waals surface area contributed by atoms with Crippen LogP contribution < -0.4 is 10.1 Å². The molecule has 0 amide bonds. The van der Waals surface area contributed by atoms with Crippen LogP contribution in [0, 0.1) is 11.3 Å². The van der Waals surface area contributed by atoms with Gasteiger partial charge < -0.3 is 14.6 Å². The van der Waals surface area contributed by atoms with Gasteiger partial charge in [0.2, 0.25) is 5.82 Å². The highest BCUT2D eigenvalue weighted by molar-refractivity contribution is 5.66. The molecule has 6 nitrogen and oxygen atoms in total. The number of benzene rings is 2. The minimum Gasteiger partial charge on any atom is -0.490 e. The summed E-state index contributed by atoms with van der Waals surface area (Å²) in [5.41, 5.74) is 4.89. The van der Waals surface area contributed by atoms with Crippen molar-refractivity contribution < 1.29 is 9.26 Å². The Labute approximate surface area is 171 Å². The molecule has 0 spiro atoms. The summed E-state index contributed by atoms with van der Waals surface area (Å²) in [6.07, 6.45) is 3.33. The molecule has 150 valence electrons. The van der Waals surface area contributed by atoms with E-state index < -0.39 is 0 Å². The van der Waals surface area contributed by atoms with Gasteiger partial charge in [-0.2, -0.15) is 10.2 Å². The molecule has 0 bridgehead atoms. The summed E-state index contributed by atoms with van der Waals surface area (Å²) in [6.45, 7) is 3.86. The van der Waals surface area contributed by atoms with Gasteiger partial charge in [0.05, 0.1) is 11.7 Å². The van der Waals surface area contributed by atoms with Gasteiger partial charge in [0.1, 0.15) is 11.8 Å². The number of hydrogen-bond donors (Lipinski definition) is 1. The summed E-state index contributed by atoms with van der Waals surface area (Å²) in [5.74, 6) is 1.56. The fourth-order valence-corrected chi connectivity index (χ4v) is 3.39. The van der Waals surface area contributed by atoms with Gasteiger partial charge in [-0.15, -0.1) is 0 Å². The second kappa shape index (κ2) is 9.35. The first-order valence-corrected chi connectivity index (χ1v) is 9.81. The Bertz CT molecular complexity index is 1020. The van der Waals surface area contributed by atoms with E-state index >= 15 is 0 Å². The third-order valence-corrected chi connectivity index (χ3v) is 4.52. The number of hydrogen-bond acceptors (Lipinski definition) is 6. The zero-order valence-corrected chi connectivity index (χ0v) is 17.3. The molecule has 3 aromatic rings. The molecule has 0 atom stereocenters. The second-order valence-corrected chi connectivity index (χ2v) is 7.21. The van der Waals surface area contributed by atoms with Crippen LogP contribution >= 0.6 is 0 Å². The SMILES string of the molecule is CC(C)Oc1ccc(-c2nc(-c3cccc4c3CCC4)no2)cc1C#N.CNC. The maximum absolute atomic E-state index is 9.40. The molecule has 0 saturated carbocycles. The Morgan fingerprint density at radius 1 is 1.17 bits per heavy atom. The first kappa shape index (κ1) is 20.6. The van der Waals surface area contributed by atoms with Crippen LogP contribution in [0.1, 0.15) is 37.0 Å². The Morgan fingerprint density at radius 2 is 1.97 bits per heavy atom. The van der Waals surface area contributed by atoms with E-state index in [1.54, 1.807) is 12.1 Å². The van der Waals surface area contributed by atoms with Gasteiger partial charge in [-0.05, 0) is 76.5 Å². The fourth-order valence-electron chi connectivity index (χ4n) is 3.39. The van der Waals surface area contributed by atoms with Crippen LogP contribution in [-0.2, 0) is 12.8 Å². The van der Waals surface area contributed by atoms with E-state index in [1.165, 1.54) is 17.5 Å². The van der Waals surface area contributed by atoms with Crippen LogP contribution in [0.5, 0.6) is 5.75 Å². The molecule has 0 radical (unpaired) electrons. The number of nitriles is 1. The number of ether oxygens (including phenoxy) is 1. The maximum atomic E-state index is 9.40. The molecule has 6 heteroatoms. The molecule has 1 aliphatic carbocycles. The minimum atomic E-state index is 0.00290. The van der Waals surface area contributed by atoms with Crippen molar-refractivity contribution in [3.8, 4) is 34.7 Å². The van der Waals surface area contributed by atoms with Gasteiger partial charge in [0.25, 0.3) is 5.89 Å². The molecule has 2 aromatic carbocycles. The third-order valence-electron chi connectivity index (χ3n) is 4.52. The number of nitrogens with zero attached hydrogens (tertiary/aromatic N) is 3. The van der Waals surface area contributed by atoms with Crippen LogP contribution in [0.15, 0.2) is 40.9 Å². The van der Waals surface area contributed by atoms with Crippen molar-refractivity contribution in [2.45, 2.75) is 39.2 Å². The summed E-state index contributed by atoms with van der Waals surface area (Å²) in [5, 5.41) is 16.3. The Hall–Kier alpha value is -3.17. The monoisotopic (exact) mass is 390 g/mol. The Kier molecular flexibility index (Phi) is 6.63. The summed E-state index contributed by atoms with van der Waals surface area (Å²) in [6, 6.07) is 13.8. The predicted octanol–water partition coefficient (Wildman–Crippen LogP) is 4.39. The normalized spacial score (nSPS) is 12.1. The summed E-state index contributed by atoms with van der Waals surface area (Å²) < 4.78 is 11.1. The quantitative estimate of drug-likeness (QED) is 0.711. The largest absolute Gasteiger partial charge is 0.490 e. The second-order valence-electron chi connectivity index (χ2n) is 7.21. The molecule has 1 N–H and O–H groups in total. The van der Waals surface area contributed by atoms with Crippen molar-refractivity contribution in [2.75, 3.05) is 14.1 Å². The number of rotatable bonds is 4. The van der Waals surface area contributed by atoms with Crippen LogP contribution in [0.2, 0.25) is 0 Å². The Balaban J connectivity index is 0.000000755. The van der Waals surface area contributed by atoms with Crippen LogP contribution in [0.4, 0.5) is 0 Å². The molecule has 29 heavy (non-hydrogen) atoms. The zero-order chi connectivity index (χ0) is 20.8. The van der Waals surface area contributed by atoms with Crippen molar-refractivity contribution in [1.29, 1.82) is 5.26 Å². The molecule has 4 rings (SSSR count). The molecule has 0 fully saturated rings. The topological polar surface area (TPSA) is 84.0 Å². The number of aryl methyl sites for hydroxylation is 1. The first-order chi connectivity index (χ1) is 14.1. The molecule has 0 saturated heterocycles. The van der Waals surface area contributed by atoms with Gasteiger partial charge in [-0.1, -0.05) is 23.4 Å². The average Bonchev–Trinajstić information content (AvgIpc) is 3.38. The highest BCUT2D eigenvalue weighted by Gasteiger charge is 2.19. The smallest absolute Gasteiger partial charge is 0.258 e. The van der Waals surface area contributed by atoms with Gasteiger partial charge >= 0.3 is 0 Å².